The molecule has 1 fully saturated rings. The van der Waals surface area contributed by atoms with E-state index in [4.69, 9.17) is 14.9 Å². The highest BCUT2D eigenvalue weighted by molar-refractivity contribution is 5.98. The van der Waals surface area contributed by atoms with Crippen LogP contribution in [0.3, 0.4) is 0 Å². The van der Waals surface area contributed by atoms with Gasteiger partial charge in [-0.05, 0) is 36.4 Å². The van der Waals surface area contributed by atoms with Gasteiger partial charge in [-0.3, -0.25) is 4.79 Å². The Morgan fingerprint density at radius 2 is 1.86 bits per heavy atom. The SMILES string of the molecule is COc1ccc(-c2nc(C(=O)N3CCN(c4ccccn4)CC3)c(CN)o2)c2ccc(C(F)(F)F)nc12. The number of halogens is 3. The first-order chi connectivity index (χ1) is 17.8. The number of aromatic nitrogens is 3. The van der Waals surface area contributed by atoms with Crippen LogP contribution in [0.4, 0.5) is 19.0 Å². The quantitative estimate of drug-likeness (QED) is 0.431. The molecular weight excluding hydrogens is 489 g/mol. The van der Waals surface area contributed by atoms with E-state index >= 15 is 0 Å². The number of piperazine rings is 1. The Morgan fingerprint density at radius 3 is 2.51 bits per heavy atom. The molecule has 1 amide bonds. The number of fused-ring (bicyclic) bond motifs is 1. The number of rotatable bonds is 5. The predicted octanol–water partition coefficient (Wildman–Crippen LogP) is 3.73. The van der Waals surface area contributed by atoms with Crippen molar-refractivity contribution >= 4 is 22.6 Å². The van der Waals surface area contributed by atoms with Crippen molar-refractivity contribution in [3.8, 4) is 17.2 Å². The minimum atomic E-state index is -4.62. The molecule has 9 nitrogen and oxygen atoms in total. The van der Waals surface area contributed by atoms with Crippen molar-refractivity contribution in [2.75, 3.05) is 38.2 Å². The van der Waals surface area contributed by atoms with E-state index < -0.39 is 11.9 Å². The Morgan fingerprint density at radius 1 is 1.08 bits per heavy atom. The fourth-order valence-electron chi connectivity index (χ4n) is 4.30. The zero-order chi connectivity index (χ0) is 26.2. The van der Waals surface area contributed by atoms with Crippen molar-refractivity contribution in [2.24, 2.45) is 5.73 Å². The van der Waals surface area contributed by atoms with E-state index in [9.17, 15) is 18.0 Å². The Kier molecular flexibility index (Phi) is 6.42. The third-order valence-electron chi connectivity index (χ3n) is 6.19. The van der Waals surface area contributed by atoms with Crippen molar-refractivity contribution in [1.29, 1.82) is 0 Å². The summed E-state index contributed by atoms with van der Waals surface area (Å²) in [6.45, 7) is 2.03. The Bertz CT molecular complexity index is 1430. The fourth-order valence-corrected chi connectivity index (χ4v) is 4.30. The fraction of sp³-hybridized carbons (Fsp3) is 0.280. The van der Waals surface area contributed by atoms with Crippen LogP contribution < -0.4 is 15.4 Å². The monoisotopic (exact) mass is 512 g/mol. The third kappa shape index (κ3) is 4.67. The summed E-state index contributed by atoms with van der Waals surface area (Å²) in [5.41, 5.74) is 5.25. The van der Waals surface area contributed by atoms with Crippen molar-refractivity contribution in [1.82, 2.24) is 19.9 Å². The van der Waals surface area contributed by atoms with Gasteiger partial charge in [-0.1, -0.05) is 6.07 Å². The average molecular weight is 512 g/mol. The molecule has 3 aromatic heterocycles. The number of nitrogens with zero attached hydrogens (tertiary/aromatic N) is 5. The van der Waals surface area contributed by atoms with Crippen LogP contribution in [0.15, 0.2) is 53.1 Å². The number of amides is 1. The lowest BCUT2D eigenvalue weighted by atomic mass is 10.1. The summed E-state index contributed by atoms with van der Waals surface area (Å²) in [4.78, 5) is 29.6. The lowest BCUT2D eigenvalue weighted by Crippen LogP contribution is -2.49. The molecule has 5 rings (SSSR count). The molecule has 0 spiro atoms. The first kappa shape index (κ1) is 24.5. The summed E-state index contributed by atoms with van der Waals surface area (Å²) in [5, 5.41) is 0.333. The molecule has 1 saturated heterocycles. The molecule has 0 radical (unpaired) electrons. The number of benzene rings is 1. The van der Waals surface area contributed by atoms with Gasteiger partial charge in [0.1, 0.15) is 22.8 Å². The van der Waals surface area contributed by atoms with Crippen molar-refractivity contribution < 1.29 is 27.1 Å². The molecule has 0 bridgehead atoms. The molecule has 0 unspecified atom stereocenters. The van der Waals surface area contributed by atoms with Gasteiger partial charge in [0.15, 0.2) is 11.5 Å². The number of anilines is 1. The molecule has 4 aromatic rings. The van der Waals surface area contributed by atoms with Gasteiger partial charge in [0.2, 0.25) is 5.89 Å². The number of hydrogen-bond donors (Lipinski definition) is 1. The molecule has 37 heavy (non-hydrogen) atoms. The number of ether oxygens (including phenoxy) is 1. The molecule has 0 saturated carbocycles. The number of oxazole rings is 1. The Labute approximate surface area is 209 Å². The maximum Gasteiger partial charge on any atom is 0.433 e. The first-order valence-corrected chi connectivity index (χ1v) is 11.5. The highest BCUT2D eigenvalue weighted by atomic mass is 19.4. The van der Waals surface area contributed by atoms with Crippen molar-refractivity contribution in [3.05, 3.63) is 65.8 Å². The number of pyridine rings is 2. The van der Waals surface area contributed by atoms with E-state index in [1.807, 2.05) is 18.2 Å². The lowest BCUT2D eigenvalue weighted by molar-refractivity contribution is -0.140. The first-order valence-electron chi connectivity index (χ1n) is 11.5. The van der Waals surface area contributed by atoms with Gasteiger partial charge in [0.25, 0.3) is 5.91 Å². The van der Waals surface area contributed by atoms with Crippen LogP contribution in [0.25, 0.3) is 22.4 Å². The van der Waals surface area contributed by atoms with E-state index in [-0.39, 0.29) is 41.1 Å². The van der Waals surface area contributed by atoms with Crippen molar-refractivity contribution in [3.63, 3.8) is 0 Å². The molecule has 0 atom stereocenters. The van der Waals surface area contributed by atoms with Gasteiger partial charge in [-0.2, -0.15) is 13.2 Å². The van der Waals surface area contributed by atoms with Gasteiger partial charge < -0.3 is 24.7 Å². The highest BCUT2D eigenvalue weighted by Gasteiger charge is 2.33. The molecule has 2 N–H and O–H groups in total. The van der Waals surface area contributed by atoms with Crippen LogP contribution >= 0.6 is 0 Å². The second-order valence-corrected chi connectivity index (χ2v) is 8.37. The predicted molar refractivity (Wildman–Crippen MR) is 129 cm³/mol. The molecule has 4 heterocycles. The van der Waals surface area contributed by atoms with Crippen LogP contribution in [-0.4, -0.2) is 59.0 Å². The lowest BCUT2D eigenvalue weighted by Gasteiger charge is -2.35. The second kappa shape index (κ2) is 9.69. The molecule has 192 valence electrons. The second-order valence-electron chi connectivity index (χ2n) is 8.37. The van der Waals surface area contributed by atoms with Crippen LogP contribution in [0.1, 0.15) is 21.9 Å². The number of methoxy groups -OCH3 is 1. The Hall–Kier alpha value is -4.19. The summed E-state index contributed by atoms with van der Waals surface area (Å²) in [7, 11) is 1.35. The maximum absolute atomic E-state index is 13.3. The molecule has 12 heteroatoms. The largest absolute Gasteiger partial charge is 0.494 e. The molecule has 1 aliphatic rings. The third-order valence-corrected chi connectivity index (χ3v) is 6.19. The van der Waals surface area contributed by atoms with E-state index in [1.54, 1.807) is 17.2 Å². The average Bonchev–Trinajstić information content (AvgIpc) is 3.36. The van der Waals surface area contributed by atoms with Gasteiger partial charge in [0, 0.05) is 43.3 Å². The number of carbonyl (C=O) groups is 1. The Balaban J connectivity index is 1.45. The number of hydrogen-bond acceptors (Lipinski definition) is 8. The topological polar surface area (TPSA) is 111 Å². The summed E-state index contributed by atoms with van der Waals surface area (Å²) in [6.07, 6.45) is -2.90. The summed E-state index contributed by atoms with van der Waals surface area (Å²) in [6, 6.07) is 10.9. The maximum atomic E-state index is 13.3. The molecule has 1 aromatic carbocycles. The van der Waals surface area contributed by atoms with Crippen LogP contribution in [-0.2, 0) is 12.7 Å². The summed E-state index contributed by atoms with van der Waals surface area (Å²) < 4.78 is 50.9. The van der Waals surface area contributed by atoms with Gasteiger partial charge in [0.05, 0.1) is 13.7 Å². The smallest absolute Gasteiger partial charge is 0.433 e. The van der Waals surface area contributed by atoms with E-state index in [0.29, 0.717) is 37.1 Å². The van der Waals surface area contributed by atoms with E-state index in [2.05, 4.69) is 19.9 Å². The summed E-state index contributed by atoms with van der Waals surface area (Å²) >= 11 is 0. The minimum absolute atomic E-state index is 0.000781. The number of carbonyl (C=O) groups excluding carboxylic acids is 1. The normalized spacial score (nSPS) is 14.3. The van der Waals surface area contributed by atoms with Crippen molar-refractivity contribution in [2.45, 2.75) is 12.7 Å². The molecule has 1 aliphatic heterocycles. The number of alkyl halides is 3. The van der Waals surface area contributed by atoms with Crippen LogP contribution in [0.5, 0.6) is 5.75 Å². The minimum Gasteiger partial charge on any atom is -0.494 e. The molecule has 0 aliphatic carbocycles. The van der Waals surface area contributed by atoms with Gasteiger partial charge in [-0.15, -0.1) is 0 Å². The zero-order valence-electron chi connectivity index (χ0n) is 19.8. The summed E-state index contributed by atoms with van der Waals surface area (Å²) in [5.74, 6) is 0.930. The van der Waals surface area contributed by atoms with Crippen LogP contribution in [0, 0.1) is 0 Å². The van der Waals surface area contributed by atoms with E-state index in [1.165, 1.54) is 19.2 Å². The van der Waals surface area contributed by atoms with Crippen LogP contribution in [0.2, 0.25) is 0 Å². The highest BCUT2D eigenvalue weighted by Crippen LogP contribution is 2.37. The number of nitrogens with two attached hydrogens (primary N) is 1. The van der Waals surface area contributed by atoms with Gasteiger partial charge >= 0.3 is 6.18 Å². The van der Waals surface area contributed by atoms with E-state index in [0.717, 1.165) is 11.9 Å². The standard InChI is InChI=1S/C25H23F3N6O3/c1-36-17-7-5-16(15-6-8-19(25(26,27)28)31-21(15)17)23-32-22(18(14-29)37-23)24(35)34-12-10-33(11-13-34)20-4-2-3-9-30-20/h2-9H,10-14,29H2,1H3. The zero-order valence-corrected chi connectivity index (χ0v) is 19.8. The molecular formula is C25H23F3N6O3. The van der Waals surface area contributed by atoms with Gasteiger partial charge in [-0.25, -0.2) is 15.0 Å².